The fourth-order valence-corrected chi connectivity index (χ4v) is 1.71. The van der Waals surface area contributed by atoms with Crippen LogP contribution in [-0.2, 0) is 0 Å². The number of rotatable bonds is 4. The van der Waals surface area contributed by atoms with Crippen LogP contribution in [-0.4, -0.2) is 29.9 Å². The molecule has 0 radical (unpaired) electrons. The molecule has 1 aliphatic rings. The fraction of sp³-hybridized carbons (Fsp3) is 1.00. The van der Waals surface area contributed by atoms with Crippen LogP contribution in [0.4, 0.5) is 13.2 Å². The standard InChI is InChI=1S/C7H13F3N2S/c8-7(9,10)13-2-1-12-6-3-5(11)4-6/h5-6,12H,1-4,11H2. The summed E-state index contributed by atoms with van der Waals surface area (Å²) in [5.74, 6) is 0.0786. The van der Waals surface area contributed by atoms with Gasteiger partial charge >= 0.3 is 5.51 Å². The first-order valence-electron chi connectivity index (χ1n) is 4.17. The third-order valence-electron chi connectivity index (χ3n) is 1.98. The summed E-state index contributed by atoms with van der Waals surface area (Å²) in [5, 5.41) is 3.02. The van der Waals surface area contributed by atoms with Crippen molar-refractivity contribution in [2.75, 3.05) is 12.3 Å². The highest BCUT2D eigenvalue weighted by atomic mass is 32.2. The van der Waals surface area contributed by atoms with E-state index in [0.717, 1.165) is 12.8 Å². The SMILES string of the molecule is NC1CC(NCCSC(F)(F)F)C1. The van der Waals surface area contributed by atoms with Gasteiger partial charge in [0, 0.05) is 24.4 Å². The van der Waals surface area contributed by atoms with Gasteiger partial charge in [0.05, 0.1) is 0 Å². The van der Waals surface area contributed by atoms with Crippen molar-refractivity contribution in [3.8, 4) is 0 Å². The number of nitrogens with one attached hydrogen (secondary N) is 1. The van der Waals surface area contributed by atoms with Crippen LogP contribution < -0.4 is 11.1 Å². The van der Waals surface area contributed by atoms with Crippen LogP contribution in [0.15, 0.2) is 0 Å². The first kappa shape index (κ1) is 11.1. The normalized spacial score (nSPS) is 28.6. The molecule has 0 unspecified atom stereocenters. The number of hydrogen-bond acceptors (Lipinski definition) is 3. The van der Waals surface area contributed by atoms with Crippen molar-refractivity contribution in [2.45, 2.75) is 30.4 Å². The summed E-state index contributed by atoms with van der Waals surface area (Å²) < 4.78 is 35.0. The van der Waals surface area contributed by atoms with Crippen molar-refractivity contribution in [3.05, 3.63) is 0 Å². The van der Waals surface area contributed by atoms with Crippen LogP contribution in [0.25, 0.3) is 0 Å². The number of thioether (sulfide) groups is 1. The molecule has 2 nitrogen and oxygen atoms in total. The van der Waals surface area contributed by atoms with E-state index in [1.165, 1.54) is 0 Å². The Kier molecular flexibility index (Phi) is 3.87. The summed E-state index contributed by atoms with van der Waals surface area (Å²) in [6.45, 7) is 0.404. The van der Waals surface area contributed by atoms with Crippen LogP contribution in [0.1, 0.15) is 12.8 Å². The average Bonchev–Trinajstić information content (AvgIpc) is 1.91. The van der Waals surface area contributed by atoms with Crippen molar-refractivity contribution >= 4 is 11.8 Å². The monoisotopic (exact) mass is 214 g/mol. The summed E-state index contributed by atoms with van der Waals surface area (Å²) >= 11 is 0.0172. The quantitative estimate of drug-likeness (QED) is 0.693. The zero-order valence-corrected chi connectivity index (χ0v) is 7.92. The maximum Gasteiger partial charge on any atom is 0.441 e. The van der Waals surface area contributed by atoms with Gasteiger partial charge in [0.1, 0.15) is 0 Å². The van der Waals surface area contributed by atoms with Gasteiger partial charge in [0.15, 0.2) is 0 Å². The molecule has 3 N–H and O–H groups in total. The molecular formula is C7H13F3N2S. The highest BCUT2D eigenvalue weighted by Gasteiger charge is 2.28. The number of nitrogens with two attached hydrogens (primary N) is 1. The number of alkyl halides is 3. The topological polar surface area (TPSA) is 38.0 Å². The van der Waals surface area contributed by atoms with Gasteiger partial charge in [-0.1, -0.05) is 0 Å². The minimum absolute atomic E-state index is 0.0172. The van der Waals surface area contributed by atoms with E-state index in [-0.39, 0.29) is 23.6 Å². The highest BCUT2D eigenvalue weighted by molar-refractivity contribution is 8.00. The number of halogens is 3. The molecule has 0 aliphatic heterocycles. The van der Waals surface area contributed by atoms with E-state index in [9.17, 15) is 13.2 Å². The molecule has 0 aromatic heterocycles. The average molecular weight is 214 g/mol. The van der Waals surface area contributed by atoms with E-state index in [4.69, 9.17) is 5.73 Å². The first-order chi connectivity index (χ1) is 5.97. The summed E-state index contributed by atoms with van der Waals surface area (Å²) in [6, 6.07) is 0.580. The van der Waals surface area contributed by atoms with Crippen LogP contribution in [0.5, 0.6) is 0 Å². The zero-order chi connectivity index (χ0) is 9.90. The highest BCUT2D eigenvalue weighted by Crippen LogP contribution is 2.29. The third kappa shape index (κ3) is 4.73. The van der Waals surface area contributed by atoms with Crippen LogP contribution in [0, 0.1) is 0 Å². The Labute approximate surface area is 79.4 Å². The minimum Gasteiger partial charge on any atom is -0.328 e. The van der Waals surface area contributed by atoms with Crippen molar-refractivity contribution in [3.63, 3.8) is 0 Å². The lowest BCUT2D eigenvalue weighted by molar-refractivity contribution is -0.0327. The smallest absolute Gasteiger partial charge is 0.328 e. The molecule has 1 saturated carbocycles. The minimum atomic E-state index is -4.10. The molecule has 78 valence electrons. The van der Waals surface area contributed by atoms with Crippen molar-refractivity contribution in [2.24, 2.45) is 5.73 Å². The van der Waals surface area contributed by atoms with Gasteiger partial charge in [-0.05, 0) is 24.6 Å². The molecule has 6 heteroatoms. The maximum atomic E-state index is 11.7. The Morgan fingerprint density at radius 2 is 2.00 bits per heavy atom. The fourth-order valence-electron chi connectivity index (χ4n) is 1.26. The van der Waals surface area contributed by atoms with Gasteiger partial charge in [0.2, 0.25) is 0 Å². The second-order valence-corrected chi connectivity index (χ2v) is 4.34. The molecule has 0 saturated heterocycles. The van der Waals surface area contributed by atoms with Crippen LogP contribution in [0.3, 0.4) is 0 Å². The van der Waals surface area contributed by atoms with E-state index in [2.05, 4.69) is 5.32 Å². The van der Waals surface area contributed by atoms with Gasteiger partial charge < -0.3 is 11.1 Å². The molecule has 1 aliphatic carbocycles. The first-order valence-corrected chi connectivity index (χ1v) is 5.15. The third-order valence-corrected chi connectivity index (χ3v) is 2.71. The van der Waals surface area contributed by atoms with E-state index >= 15 is 0 Å². The van der Waals surface area contributed by atoms with E-state index in [1.807, 2.05) is 0 Å². The molecule has 0 bridgehead atoms. The second-order valence-electron chi connectivity index (χ2n) is 3.18. The van der Waals surface area contributed by atoms with Gasteiger partial charge in [-0.2, -0.15) is 13.2 Å². The van der Waals surface area contributed by atoms with Crippen molar-refractivity contribution in [1.82, 2.24) is 5.32 Å². The van der Waals surface area contributed by atoms with Crippen LogP contribution >= 0.6 is 11.8 Å². The lowest BCUT2D eigenvalue weighted by Crippen LogP contribution is -2.48. The van der Waals surface area contributed by atoms with Crippen molar-refractivity contribution < 1.29 is 13.2 Å². The number of hydrogen-bond donors (Lipinski definition) is 2. The molecule has 0 amide bonds. The van der Waals surface area contributed by atoms with Gasteiger partial charge in [0.25, 0.3) is 0 Å². The van der Waals surface area contributed by atoms with Crippen LogP contribution in [0.2, 0.25) is 0 Å². The predicted octanol–water partition coefficient (Wildman–Crippen LogP) is 1.32. The van der Waals surface area contributed by atoms with Crippen molar-refractivity contribution in [1.29, 1.82) is 0 Å². The summed E-state index contributed by atoms with van der Waals surface area (Å²) in [5.41, 5.74) is 1.42. The van der Waals surface area contributed by atoms with Gasteiger partial charge in [-0.3, -0.25) is 0 Å². The van der Waals surface area contributed by atoms with E-state index in [0.29, 0.717) is 12.6 Å². The molecule has 1 rings (SSSR count). The van der Waals surface area contributed by atoms with E-state index < -0.39 is 5.51 Å². The molecule has 0 aromatic carbocycles. The Morgan fingerprint density at radius 1 is 1.38 bits per heavy atom. The Balaban J connectivity index is 1.90. The molecule has 0 heterocycles. The molecule has 0 aromatic rings. The summed E-state index contributed by atoms with van der Waals surface area (Å²) in [6.07, 6.45) is 1.77. The van der Waals surface area contributed by atoms with E-state index in [1.54, 1.807) is 0 Å². The largest absolute Gasteiger partial charge is 0.441 e. The lowest BCUT2D eigenvalue weighted by atomic mass is 9.88. The predicted molar refractivity (Wildman–Crippen MR) is 47.5 cm³/mol. The Morgan fingerprint density at radius 3 is 2.46 bits per heavy atom. The summed E-state index contributed by atoms with van der Waals surface area (Å²) in [7, 11) is 0. The maximum absolute atomic E-state index is 11.7. The molecular weight excluding hydrogens is 201 g/mol. The molecule has 1 fully saturated rings. The molecule has 13 heavy (non-hydrogen) atoms. The zero-order valence-electron chi connectivity index (χ0n) is 7.10. The Bertz CT molecular complexity index is 156. The summed E-state index contributed by atoms with van der Waals surface area (Å²) in [4.78, 5) is 0. The molecule has 0 atom stereocenters. The molecule has 0 spiro atoms. The second kappa shape index (κ2) is 4.52. The lowest BCUT2D eigenvalue weighted by Gasteiger charge is -2.33. The van der Waals surface area contributed by atoms with Gasteiger partial charge in [-0.15, -0.1) is 0 Å². The van der Waals surface area contributed by atoms with Gasteiger partial charge in [-0.25, -0.2) is 0 Å². The Hall–Kier alpha value is 0.0600.